The zero-order chi connectivity index (χ0) is 11.8. The molecule has 0 aliphatic heterocycles. The lowest BCUT2D eigenvalue weighted by Crippen LogP contribution is -2.31. The molecule has 1 aromatic carbocycles. The van der Waals surface area contributed by atoms with E-state index in [2.05, 4.69) is 0 Å². The molecule has 86 valence electrons. The lowest BCUT2D eigenvalue weighted by atomic mass is 9.76. The molecule has 1 saturated carbocycles. The van der Waals surface area contributed by atoms with Crippen LogP contribution in [0.15, 0.2) is 18.2 Å². The molecule has 1 fully saturated rings. The topological polar surface area (TPSA) is 17.1 Å². The standard InChI is InChI=1S/C13H14Cl2O/c1-9(16)13(6-2-3-7-13)11-5-4-10(14)8-12(11)15/h4-5,8H,2-3,6-7H2,1H3. The number of halogens is 2. The largest absolute Gasteiger partial charge is 0.299 e. The van der Waals surface area contributed by atoms with Gasteiger partial charge in [-0.25, -0.2) is 0 Å². The quantitative estimate of drug-likeness (QED) is 0.767. The van der Waals surface area contributed by atoms with Crippen LogP contribution in [-0.4, -0.2) is 5.78 Å². The monoisotopic (exact) mass is 256 g/mol. The average molecular weight is 257 g/mol. The van der Waals surface area contributed by atoms with Gasteiger partial charge in [-0.05, 0) is 37.5 Å². The maximum atomic E-state index is 11.9. The highest BCUT2D eigenvalue weighted by Gasteiger charge is 2.41. The predicted octanol–water partition coefficient (Wildman–Crippen LogP) is 4.39. The van der Waals surface area contributed by atoms with Crippen molar-refractivity contribution in [3.05, 3.63) is 33.8 Å². The number of ketones is 1. The highest BCUT2D eigenvalue weighted by Crippen LogP contribution is 2.44. The zero-order valence-corrected chi connectivity index (χ0v) is 10.7. The first-order chi connectivity index (χ1) is 7.56. The Morgan fingerprint density at radius 2 is 1.88 bits per heavy atom. The van der Waals surface area contributed by atoms with E-state index in [9.17, 15) is 4.79 Å². The number of benzene rings is 1. The number of Topliss-reactive ketones (excluding diaryl/α,β-unsaturated/α-hetero) is 1. The molecular weight excluding hydrogens is 243 g/mol. The summed E-state index contributed by atoms with van der Waals surface area (Å²) in [5, 5.41) is 1.23. The van der Waals surface area contributed by atoms with Gasteiger partial charge in [-0.2, -0.15) is 0 Å². The van der Waals surface area contributed by atoms with Gasteiger partial charge in [-0.15, -0.1) is 0 Å². The Labute approximate surface area is 106 Å². The molecule has 1 aromatic rings. The van der Waals surface area contributed by atoms with Crippen molar-refractivity contribution in [3.8, 4) is 0 Å². The van der Waals surface area contributed by atoms with Gasteiger partial charge in [-0.3, -0.25) is 4.79 Å². The minimum absolute atomic E-state index is 0.217. The summed E-state index contributed by atoms with van der Waals surface area (Å²) >= 11 is 12.1. The third-order valence-corrected chi connectivity index (χ3v) is 4.13. The number of hydrogen-bond acceptors (Lipinski definition) is 1. The Hall–Kier alpha value is -0.530. The second-order valence-electron chi connectivity index (χ2n) is 4.47. The maximum absolute atomic E-state index is 11.9. The van der Waals surface area contributed by atoms with E-state index in [4.69, 9.17) is 23.2 Å². The predicted molar refractivity (Wildman–Crippen MR) is 67.3 cm³/mol. The van der Waals surface area contributed by atoms with E-state index < -0.39 is 0 Å². The van der Waals surface area contributed by atoms with Crippen LogP contribution < -0.4 is 0 Å². The summed E-state index contributed by atoms with van der Waals surface area (Å²) in [4.78, 5) is 11.9. The summed E-state index contributed by atoms with van der Waals surface area (Å²) in [7, 11) is 0. The van der Waals surface area contributed by atoms with Crippen LogP contribution in [0.25, 0.3) is 0 Å². The summed E-state index contributed by atoms with van der Waals surface area (Å²) < 4.78 is 0. The molecule has 3 heteroatoms. The van der Waals surface area contributed by atoms with Crippen LogP contribution in [0.2, 0.25) is 10.0 Å². The third-order valence-electron chi connectivity index (χ3n) is 3.58. The van der Waals surface area contributed by atoms with Crippen LogP contribution in [0.3, 0.4) is 0 Å². The highest BCUT2D eigenvalue weighted by molar-refractivity contribution is 6.35. The SMILES string of the molecule is CC(=O)C1(c2ccc(Cl)cc2Cl)CCCC1. The van der Waals surface area contributed by atoms with Gasteiger partial charge in [0.25, 0.3) is 0 Å². The molecule has 0 N–H and O–H groups in total. The first-order valence-electron chi connectivity index (χ1n) is 5.53. The first kappa shape index (κ1) is 11.9. The molecular formula is C13H14Cl2O. The molecule has 0 heterocycles. The molecule has 1 aliphatic rings. The summed E-state index contributed by atoms with van der Waals surface area (Å²) in [6.45, 7) is 1.66. The van der Waals surface area contributed by atoms with Crippen LogP contribution in [0.1, 0.15) is 38.2 Å². The van der Waals surface area contributed by atoms with E-state index in [1.54, 1.807) is 13.0 Å². The fraction of sp³-hybridized carbons (Fsp3) is 0.462. The lowest BCUT2D eigenvalue weighted by molar-refractivity contribution is -0.122. The van der Waals surface area contributed by atoms with Crippen LogP contribution >= 0.6 is 23.2 Å². The number of carbonyl (C=O) groups is 1. The van der Waals surface area contributed by atoms with E-state index in [-0.39, 0.29) is 11.2 Å². The van der Waals surface area contributed by atoms with Crippen LogP contribution in [0, 0.1) is 0 Å². The normalized spacial score (nSPS) is 18.7. The lowest BCUT2D eigenvalue weighted by Gasteiger charge is -2.27. The van der Waals surface area contributed by atoms with Crippen molar-refractivity contribution in [1.29, 1.82) is 0 Å². The smallest absolute Gasteiger partial charge is 0.140 e. The summed E-state index contributed by atoms with van der Waals surface area (Å²) in [6, 6.07) is 5.44. The molecule has 0 bridgehead atoms. The van der Waals surface area contributed by atoms with Crippen LogP contribution in [0.5, 0.6) is 0 Å². The van der Waals surface area contributed by atoms with Crippen molar-refractivity contribution in [2.75, 3.05) is 0 Å². The minimum Gasteiger partial charge on any atom is -0.299 e. The van der Waals surface area contributed by atoms with E-state index in [0.29, 0.717) is 10.0 Å². The minimum atomic E-state index is -0.359. The fourth-order valence-corrected chi connectivity index (χ4v) is 3.26. The Balaban J connectivity index is 2.51. The molecule has 1 nitrogen and oxygen atoms in total. The van der Waals surface area contributed by atoms with Crippen LogP contribution in [-0.2, 0) is 10.2 Å². The van der Waals surface area contributed by atoms with Gasteiger partial charge >= 0.3 is 0 Å². The molecule has 0 radical (unpaired) electrons. The Morgan fingerprint density at radius 3 is 2.38 bits per heavy atom. The maximum Gasteiger partial charge on any atom is 0.140 e. The molecule has 0 spiro atoms. The van der Waals surface area contributed by atoms with E-state index in [1.165, 1.54) is 0 Å². The number of carbonyl (C=O) groups excluding carboxylic acids is 1. The van der Waals surface area contributed by atoms with E-state index in [1.807, 2.05) is 12.1 Å². The molecule has 0 unspecified atom stereocenters. The van der Waals surface area contributed by atoms with Gasteiger partial charge in [0.2, 0.25) is 0 Å². The third kappa shape index (κ3) is 1.87. The summed E-state index contributed by atoms with van der Waals surface area (Å²) in [6.07, 6.45) is 4.00. The molecule has 0 atom stereocenters. The first-order valence-corrected chi connectivity index (χ1v) is 6.28. The molecule has 0 saturated heterocycles. The fourth-order valence-electron chi connectivity index (χ4n) is 2.67. The van der Waals surface area contributed by atoms with Crippen molar-refractivity contribution in [1.82, 2.24) is 0 Å². The summed E-state index contributed by atoms with van der Waals surface area (Å²) in [5.74, 6) is 0.217. The van der Waals surface area contributed by atoms with Gasteiger partial charge in [0.15, 0.2) is 0 Å². The van der Waals surface area contributed by atoms with Crippen molar-refractivity contribution in [3.63, 3.8) is 0 Å². The van der Waals surface area contributed by atoms with Crippen LogP contribution in [0.4, 0.5) is 0 Å². The molecule has 2 rings (SSSR count). The highest BCUT2D eigenvalue weighted by atomic mass is 35.5. The Kier molecular flexibility index (Phi) is 3.27. The second kappa shape index (κ2) is 4.38. The van der Waals surface area contributed by atoms with Gasteiger partial charge < -0.3 is 0 Å². The van der Waals surface area contributed by atoms with Crippen molar-refractivity contribution in [2.45, 2.75) is 38.0 Å². The van der Waals surface area contributed by atoms with Crippen molar-refractivity contribution in [2.24, 2.45) is 0 Å². The van der Waals surface area contributed by atoms with Gasteiger partial charge in [-0.1, -0.05) is 42.1 Å². The average Bonchev–Trinajstić information content (AvgIpc) is 2.67. The van der Waals surface area contributed by atoms with Gasteiger partial charge in [0.1, 0.15) is 5.78 Å². The molecule has 16 heavy (non-hydrogen) atoms. The van der Waals surface area contributed by atoms with Gasteiger partial charge in [0, 0.05) is 10.0 Å². The van der Waals surface area contributed by atoms with Gasteiger partial charge in [0.05, 0.1) is 5.41 Å². The second-order valence-corrected chi connectivity index (χ2v) is 5.31. The van der Waals surface area contributed by atoms with E-state index >= 15 is 0 Å². The van der Waals surface area contributed by atoms with E-state index in [0.717, 1.165) is 31.2 Å². The Bertz CT molecular complexity index is 420. The van der Waals surface area contributed by atoms with Crippen molar-refractivity contribution >= 4 is 29.0 Å². The molecule has 1 aliphatic carbocycles. The number of hydrogen-bond donors (Lipinski definition) is 0. The zero-order valence-electron chi connectivity index (χ0n) is 9.22. The summed E-state index contributed by atoms with van der Waals surface area (Å²) in [5.41, 5.74) is 0.588. The van der Waals surface area contributed by atoms with Crippen molar-refractivity contribution < 1.29 is 4.79 Å². The molecule has 0 aromatic heterocycles. The number of rotatable bonds is 2. The Morgan fingerprint density at radius 1 is 1.25 bits per heavy atom. The molecule has 0 amide bonds.